The first-order valence-corrected chi connectivity index (χ1v) is 8.42. The molecule has 0 N–H and O–H groups in total. The van der Waals surface area contributed by atoms with Crippen LogP contribution in [-0.4, -0.2) is 25.2 Å². The minimum Gasteiger partial charge on any atom is -0.462 e. The number of benzene rings is 1. The molecule has 0 bridgehead atoms. The van der Waals surface area contributed by atoms with Crippen LogP contribution in [0.5, 0.6) is 0 Å². The summed E-state index contributed by atoms with van der Waals surface area (Å²) < 4.78 is 10.3. The van der Waals surface area contributed by atoms with Gasteiger partial charge >= 0.3 is 11.9 Å². The summed E-state index contributed by atoms with van der Waals surface area (Å²) in [6.07, 6.45) is 1.79. The molecule has 0 aliphatic heterocycles. The fourth-order valence-corrected chi connectivity index (χ4v) is 2.23. The van der Waals surface area contributed by atoms with Gasteiger partial charge < -0.3 is 9.47 Å². The van der Waals surface area contributed by atoms with Gasteiger partial charge in [-0.2, -0.15) is 0 Å². The van der Waals surface area contributed by atoms with E-state index in [1.807, 2.05) is 0 Å². The molecule has 0 aromatic heterocycles. The second-order valence-corrected chi connectivity index (χ2v) is 6.47. The van der Waals surface area contributed by atoms with Crippen molar-refractivity contribution in [1.29, 1.82) is 0 Å². The Kier molecular flexibility index (Phi) is 8.10. The molecule has 1 rings (SSSR count). The first-order valence-electron chi connectivity index (χ1n) is 7.99. The van der Waals surface area contributed by atoms with E-state index in [0.29, 0.717) is 12.5 Å². The number of halogens is 1. The van der Waals surface area contributed by atoms with Crippen molar-refractivity contribution in [3.8, 4) is 0 Å². The van der Waals surface area contributed by atoms with Gasteiger partial charge in [-0.1, -0.05) is 19.9 Å². The lowest BCUT2D eigenvalue weighted by Crippen LogP contribution is -2.15. The number of carbonyl (C=O) groups is 2. The summed E-state index contributed by atoms with van der Waals surface area (Å²) in [5, 5.41) is -0.265. The fraction of sp³-hybridized carbons (Fsp3) is 0.556. The van der Waals surface area contributed by atoms with Crippen molar-refractivity contribution in [1.82, 2.24) is 0 Å². The molecule has 0 saturated heterocycles. The molecule has 23 heavy (non-hydrogen) atoms. The third kappa shape index (κ3) is 6.22. The van der Waals surface area contributed by atoms with Crippen LogP contribution in [0.4, 0.5) is 0 Å². The highest BCUT2D eigenvalue weighted by Crippen LogP contribution is 2.23. The van der Waals surface area contributed by atoms with Crippen LogP contribution in [0.1, 0.15) is 72.2 Å². The predicted molar refractivity (Wildman–Crippen MR) is 91.0 cm³/mol. The highest BCUT2D eigenvalue weighted by molar-refractivity contribution is 6.20. The van der Waals surface area contributed by atoms with Crippen LogP contribution < -0.4 is 0 Å². The van der Waals surface area contributed by atoms with E-state index in [1.54, 1.807) is 32.0 Å². The van der Waals surface area contributed by atoms with Gasteiger partial charge in [-0.25, -0.2) is 9.59 Å². The molecule has 0 fully saturated rings. The Hall–Kier alpha value is -1.55. The molecule has 0 heterocycles. The molecule has 1 aromatic carbocycles. The van der Waals surface area contributed by atoms with Gasteiger partial charge in [0.05, 0.1) is 29.7 Å². The Balaban J connectivity index is 2.90. The summed E-state index contributed by atoms with van der Waals surface area (Å²) in [6, 6.07) is 4.90. The molecule has 1 atom stereocenters. The number of ether oxygens (including phenoxy) is 2. The maximum atomic E-state index is 12.2. The largest absolute Gasteiger partial charge is 0.462 e. The number of rotatable bonds is 8. The summed E-state index contributed by atoms with van der Waals surface area (Å²) in [4.78, 5) is 24.3. The van der Waals surface area contributed by atoms with Crippen molar-refractivity contribution >= 4 is 23.5 Å². The Bertz CT molecular complexity index is 538. The maximum absolute atomic E-state index is 12.2. The van der Waals surface area contributed by atoms with Gasteiger partial charge in [-0.3, -0.25) is 0 Å². The number of hydrogen-bond donors (Lipinski definition) is 0. The molecule has 0 radical (unpaired) electrons. The van der Waals surface area contributed by atoms with Crippen LogP contribution in [0.15, 0.2) is 18.2 Å². The quantitative estimate of drug-likeness (QED) is 0.389. The highest BCUT2D eigenvalue weighted by Gasteiger charge is 2.21. The SMILES string of the molecule is CCOC(=O)c1cc(C(C)Cl)ccc1C(=O)OCCCC(C)C. The molecule has 0 saturated carbocycles. The Labute approximate surface area is 143 Å². The van der Waals surface area contributed by atoms with Crippen LogP contribution >= 0.6 is 11.6 Å². The highest BCUT2D eigenvalue weighted by atomic mass is 35.5. The lowest BCUT2D eigenvalue weighted by atomic mass is 10.0. The smallest absolute Gasteiger partial charge is 0.339 e. The van der Waals surface area contributed by atoms with E-state index in [1.165, 1.54) is 0 Å². The zero-order valence-electron chi connectivity index (χ0n) is 14.2. The number of alkyl halides is 1. The van der Waals surface area contributed by atoms with Crippen molar-refractivity contribution in [2.24, 2.45) is 5.92 Å². The number of hydrogen-bond acceptors (Lipinski definition) is 4. The lowest BCUT2D eigenvalue weighted by molar-refractivity contribution is 0.0460. The molecule has 0 aliphatic carbocycles. The van der Waals surface area contributed by atoms with Gasteiger partial charge in [-0.05, 0) is 50.3 Å². The second kappa shape index (κ2) is 9.56. The number of esters is 2. The maximum Gasteiger partial charge on any atom is 0.339 e. The topological polar surface area (TPSA) is 52.6 Å². The van der Waals surface area contributed by atoms with Crippen LogP contribution in [0.25, 0.3) is 0 Å². The van der Waals surface area contributed by atoms with Gasteiger partial charge in [0.25, 0.3) is 0 Å². The predicted octanol–water partition coefficient (Wildman–Crippen LogP) is 4.76. The van der Waals surface area contributed by atoms with E-state index in [-0.39, 0.29) is 23.1 Å². The minimum atomic E-state index is -0.541. The van der Waals surface area contributed by atoms with Crippen molar-refractivity contribution in [2.75, 3.05) is 13.2 Å². The second-order valence-electron chi connectivity index (χ2n) is 5.81. The van der Waals surface area contributed by atoms with Gasteiger partial charge in [0, 0.05) is 0 Å². The third-order valence-electron chi connectivity index (χ3n) is 3.38. The first kappa shape index (κ1) is 19.5. The van der Waals surface area contributed by atoms with Crippen LogP contribution in [-0.2, 0) is 9.47 Å². The standard InChI is InChI=1S/C18H25ClO4/c1-5-22-18(21)16-11-14(13(4)19)8-9-15(16)17(20)23-10-6-7-12(2)3/h8-9,11-13H,5-7,10H2,1-4H3. The van der Waals surface area contributed by atoms with E-state index in [2.05, 4.69) is 13.8 Å². The van der Waals surface area contributed by atoms with Gasteiger partial charge in [0.2, 0.25) is 0 Å². The molecule has 0 aliphatic rings. The summed E-state index contributed by atoms with van der Waals surface area (Å²) in [5.41, 5.74) is 1.17. The minimum absolute atomic E-state index is 0.200. The fourth-order valence-electron chi connectivity index (χ4n) is 2.10. The molecule has 4 nitrogen and oxygen atoms in total. The lowest BCUT2D eigenvalue weighted by Gasteiger charge is -2.12. The summed E-state index contributed by atoms with van der Waals surface area (Å²) in [7, 11) is 0. The van der Waals surface area contributed by atoms with Crippen LogP contribution in [0.2, 0.25) is 0 Å². The summed E-state index contributed by atoms with van der Waals surface area (Å²) >= 11 is 6.05. The molecule has 128 valence electrons. The summed E-state index contributed by atoms with van der Waals surface area (Å²) in [6.45, 7) is 8.33. The Morgan fingerprint density at radius 3 is 2.30 bits per heavy atom. The Morgan fingerprint density at radius 2 is 1.74 bits per heavy atom. The zero-order chi connectivity index (χ0) is 17.4. The number of carbonyl (C=O) groups excluding carboxylic acids is 2. The average Bonchev–Trinajstić information content (AvgIpc) is 2.50. The summed E-state index contributed by atoms with van der Waals surface area (Å²) in [5.74, 6) is -0.486. The van der Waals surface area contributed by atoms with E-state index in [4.69, 9.17) is 21.1 Å². The Morgan fingerprint density at radius 1 is 1.09 bits per heavy atom. The zero-order valence-corrected chi connectivity index (χ0v) is 15.0. The molecular formula is C18H25ClO4. The first-order chi connectivity index (χ1) is 10.9. The van der Waals surface area contributed by atoms with Crippen LogP contribution in [0, 0.1) is 5.92 Å². The molecule has 1 unspecified atom stereocenters. The van der Waals surface area contributed by atoms with E-state index in [0.717, 1.165) is 18.4 Å². The van der Waals surface area contributed by atoms with Crippen LogP contribution in [0.3, 0.4) is 0 Å². The normalized spacial score (nSPS) is 12.1. The van der Waals surface area contributed by atoms with E-state index in [9.17, 15) is 9.59 Å². The van der Waals surface area contributed by atoms with Gasteiger partial charge in [0.1, 0.15) is 0 Å². The molecule has 5 heteroatoms. The van der Waals surface area contributed by atoms with Gasteiger partial charge in [-0.15, -0.1) is 11.6 Å². The van der Waals surface area contributed by atoms with Crippen molar-refractivity contribution in [2.45, 2.75) is 45.9 Å². The van der Waals surface area contributed by atoms with E-state index >= 15 is 0 Å². The molecular weight excluding hydrogens is 316 g/mol. The average molecular weight is 341 g/mol. The molecule has 0 amide bonds. The van der Waals surface area contributed by atoms with E-state index < -0.39 is 11.9 Å². The monoisotopic (exact) mass is 340 g/mol. The molecule has 0 spiro atoms. The van der Waals surface area contributed by atoms with Crippen molar-refractivity contribution in [3.63, 3.8) is 0 Å². The van der Waals surface area contributed by atoms with Crippen molar-refractivity contribution in [3.05, 3.63) is 34.9 Å². The van der Waals surface area contributed by atoms with Gasteiger partial charge in [0.15, 0.2) is 0 Å². The van der Waals surface area contributed by atoms with Crippen molar-refractivity contribution < 1.29 is 19.1 Å². The third-order valence-corrected chi connectivity index (χ3v) is 3.63. The molecule has 1 aromatic rings.